The third kappa shape index (κ3) is 2.72. The van der Waals surface area contributed by atoms with Gasteiger partial charge in [0.2, 0.25) is 0 Å². The topological polar surface area (TPSA) is 50.8 Å². The number of nitrogens with zero attached hydrogens (tertiary/aromatic N) is 1. The number of ether oxygens (including phenoxy) is 2. The number of carbonyl (C=O) groups excluding carboxylic acids is 1. The van der Waals surface area contributed by atoms with Gasteiger partial charge in [0, 0.05) is 13.1 Å². The van der Waals surface area contributed by atoms with Gasteiger partial charge in [-0.15, -0.1) is 0 Å². The van der Waals surface area contributed by atoms with Crippen molar-refractivity contribution in [2.75, 3.05) is 26.3 Å². The van der Waals surface area contributed by atoms with E-state index in [1.165, 1.54) is 0 Å². The number of fused-ring (bicyclic) bond motifs is 2. The second-order valence-corrected chi connectivity index (χ2v) is 4.95. The fourth-order valence-electron chi connectivity index (χ4n) is 2.62. The summed E-state index contributed by atoms with van der Waals surface area (Å²) in [6, 6.07) is 9.92. The molecule has 102 valence electrons. The zero-order chi connectivity index (χ0) is 13.1. The molecule has 19 heavy (non-hydrogen) atoms. The number of rotatable bonds is 2. The van der Waals surface area contributed by atoms with Crippen LogP contribution in [0.4, 0.5) is 4.79 Å². The Morgan fingerprint density at radius 3 is 2.63 bits per heavy atom. The Bertz CT molecular complexity index is 416. The van der Waals surface area contributed by atoms with Crippen LogP contribution in [0.15, 0.2) is 30.3 Å². The monoisotopic (exact) mass is 262 g/mol. The zero-order valence-corrected chi connectivity index (χ0v) is 10.7. The van der Waals surface area contributed by atoms with E-state index >= 15 is 0 Å². The van der Waals surface area contributed by atoms with E-state index in [1.54, 1.807) is 0 Å². The zero-order valence-electron chi connectivity index (χ0n) is 10.7. The van der Waals surface area contributed by atoms with Crippen molar-refractivity contribution < 1.29 is 14.3 Å². The second kappa shape index (κ2) is 5.59. The Labute approximate surface area is 112 Å². The van der Waals surface area contributed by atoms with Gasteiger partial charge in [0.05, 0.1) is 25.3 Å². The summed E-state index contributed by atoms with van der Waals surface area (Å²) in [6.07, 6.45) is -0.233. The van der Waals surface area contributed by atoms with E-state index in [0.717, 1.165) is 18.7 Å². The molecule has 2 heterocycles. The molecule has 2 bridgehead atoms. The van der Waals surface area contributed by atoms with Gasteiger partial charge in [-0.1, -0.05) is 30.3 Å². The van der Waals surface area contributed by atoms with Gasteiger partial charge in [-0.3, -0.25) is 4.90 Å². The lowest BCUT2D eigenvalue weighted by atomic mass is 10.1. The molecule has 3 rings (SSSR count). The maximum Gasteiger partial charge on any atom is 0.410 e. The molecule has 1 N–H and O–H groups in total. The summed E-state index contributed by atoms with van der Waals surface area (Å²) in [7, 11) is 0. The fourth-order valence-corrected chi connectivity index (χ4v) is 2.62. The van der Waals surface area contributed by atoms with Crippen molar-refractivity contribution in [3.63, 3.8) is 0 Å². The van der Waals surface area contributed by atoms with E-state index in [2.05, 4.69) is 5.32 Å². The molecule has 5 nitrogen and oxygen atoms in total. The van der Waals surface area contributed by atoms with Crippen LogP contribution in [-0.4, -0.2) is 49.4 Å². The number of amides is 1. The molecule has 0 aromatic heterocycles. The van der Waals surface area contributed by atoms with Crippen molar-refractivity contribution in [3.8, 4) is 0 Å². The molecule has 2 fully saturated rings. The van der Waals surface area contributed by atoms with Gasteiger partial charge in [-0.25, -0.2) is 4.79 Å². The highest BCUT2D eigenvalue weighted by Crippen LogP contribution is 2.18. The highest BCUT2D eigenvalue weighted by molar-refractivity contribution is 5.69. The molecule has 0 aliphatic carbocycles. The molecule has 1 aromatic carbocycles. The predicted octanol–water partition coefficient (Wildman–Crippen LogP) is 0.996. The Morgan fingerprint density at radius 2 is 1.95 bits per heavy atom. The fraction of sp³-hybridized carbons (Fsp3) is 0.500. The van der Waals surface area contributed by atoms with Crippen LogP contribution < -0.4 is 5.32 Å². The highest BCUT2D eigenvalue weighted by Gasteiger charge is 2.38. The third-order valence-electron chi connectivity index (χ3n) is 3.58. The minimum Gasteiger partial charge on any atom is -0.445 e. The smallest absolute Gasteiger partial charge is 0.410 e. The van der Waals surface area contributed by atoms with E-state index in [1.807, 2.05) is 35.2 Å². The van der Waals surface area contributed by atoms with Crippen molar-refractivity contribution >= 4 is 6.09 Å². The summed E-state index contributed by atoms with van der Waals surface area (Å²) in [5.74, 6) is 0. The summed E-state index contributed by atoms with van der Waals surface area (Å²) in [5, 5.41) is 3.32. The lowest BCUT2D eigenvalue weighted by Gasteiger charge is -2.45. The maximum atomic E-state index is 12.2. The molecular weight excluding hydrogens is 244 g/mol. The molecule has 2 unspecified atom stereocenters. The van der Waals surface area contributed by atoms with Crippen molar-refractivity contribution in [1.82, 2.24) is 10.2 Å². The first-order valence-corrected chi connectivity index (χ1v) is 6.62. The first-order chi connectivity index (χ1) is 9.34. The average molecular weight is 262 g/mol. The van der Waals surface area contributed by atoms with Gasteiger partial charge in [0.15, 0.2) is 0 Å². The van der Waals surface area contributed by atoms with Crippen molar-refractivity contribution in [2.45, 2.75) is 18.7 Å². The van der Waals surface area contributed by atoms with Crippen LogP contribution in [0.1, 0.15) is 5.56 Å². The molecule has 0 saturated carbocycles. The number of benzene rings is 1. The minimum atomic E-state index is -0.233. The first kappa shape index (κ1) is 12.4. The van der Waals surface area contributed by atoms with Crippen LogP contribution in [0.25, 0.3) is 0 Å². The molecule has 2 atom stereocenters. The number of morpholine rings is 1. The standard InChI is InChI=1S/C14H18N2O3/c17-14(19-8-11-4-2-1-3-5-11)16-12-6-15-7-13(16)10-18-9-12/h1-5,12-13,15H,6-10H2. The van der Waals surface area contributed by atoms with Crippen LogP contribution in [0, 0.1) is 0 Å². The third-order valence-corrected chi connectivity index (χ3v) is 3.58. The minimum absolute atomic E-state index is 0.0933. The molecule has 5 heteroatoms. The summed E-state index contributed by atoms with van der Waals surface area (Å²) in [6.45, 7) is 3.05. The molecule has 2 aliphatic rings. The SMILES string of the molecule is O=C(OCc1ccccc1)N1C2CNCC1COC2. The molecular formula is C14H18N2O3. The van der Waals surface area contributed by atoms with Gasteiger partial charge in [-0.2, -0.15) is 0 Å². The lowest BCUT2D eigenvalue weighted by Crippen LogP contribution is -2.65. The normalized spacial score (nSPS) is 26.0. The van der Waals surface area contributed by atoms with Gasteiger partial charge < -0.3 is 14.8 Å². The van der Waals surface area contributed by atoms with Gasteiger partial charge in [0.1, 0.15) is 6.61 Å². The van der Waals surface area contributed by atoms with E-state index in [9.17, 15) is 4.79 Å². The van der Waals surface area contributed by atoms with Crippen LogP contribution in [0.2, 0.25) is 0 Å². The largest absolute Gasteiger partial charge is 0.445 e. The van der Waals surface area contributed by atoms with Crippen molar-refractivity contribution in [2.24, 2.45) is 0 Å². The molecule has 0 radical (unpaired) electrons. The Kier molecular flexibility index (Phi) is 3.66. The number of carbonyl (C=O) groups is 1. The quantitative estimate of drug-likeness (QED) is 0.863. The van der Waals surface area contributed by atoms with Gasteiger partial charge in [0.25, 0.3) is 0 Å². The highest BCUT2D eigenvalue weighted by atomic mass is 16.6. The van der Waals surface area contributed by atoms with Gasteiger partial charge >= 0.3 is 6.09 Å². The Balaban J connectivity index is 1.60. The number of hydrogen-bond donors (Lipinski definition) is 1. The molecule has 1 aromatic rings. The number of hydrogen-bond acceptors (Lipinski definition) is 4. The van der Waals surface area contributed by atoms with Crippen molar-refractivity contribution in [3.05, 3.63) is 35.9 Å². The number of nitrogens with one attached hydrogen (secondary N) is 1. The summed E-state index contributed by atoms with van der Waals surface area (Å²) in [5.41, 5.74) is 1.01. The Hall–Kier alpha value is -1.59. The lowest BCUT2D eigenvalue weighted by molar-refractivity contribution is -0.0589. The molecule has 1 amide bonds. The van der Waals surface area contributed by atoms with Crippen LogP contribution in [0.5, 0.6) is 0 Å². The Morgan fingerprint density at radius 1 is 1.26 bits per heavy atom. The van der Waals surface area contributed by atoms with E-state index < -0.39 is 0 Å². The maximum absolute atomic E-state index is 12.2. The average Bonchev–Trinajstić information content (AvgIpc) is 2.45. The van der Waals surface area contributed by atoms with E-state index in [0.29, 0.717) is 19.8 Å². The van der Waals surface area contributed by atoms with Crippen molar-refractivity contribution in [1.29, 1.82) is 0 Å². The summed E-state index contributed by atoms with van der Waals surface area (Å²) >= 11 is 0. The molecule has 2 saturated heterocycles. The van der Waals surface area contributed by atoms with E-state index in [-0.39, 0.29) is 18.2 Å². The summed E-state index contributed by atoms with van der Waals surface area (Å²) in [4.78, 5) is 14.0. The van der Waals surface area contributed by atoms with Crippen LogP contribution in [-0.2, 0) is 16.1 Å². The van der Waals surface area contributed by atoms with Crippen LogP contribution in [0.3, 0.4) is 0 Å². The van der Waals surface area contributed by atoms with Gasteiger partial charge in [-0.05, 0) is 5.56 Å². The molecule has 2 aliphatic heterocycles. The second-order valence-electron chi connectivity index (χ2n) is 4.95. The predicted molar refractivity (Wildman–Crippen MR) is 69.7 cm³/mol. The first-order valence-electron chi connectivity index (χ1n) is 6.62. The van der Waals surface area contributed by atoms with E-state index in [4.69, 9.17) is 9.47 Å². The summed E-state index contributed by atoms with van der Waals surface area (Å²) < 4.78 is 10.9. The number of piperazine rings is 1. The molecule has 0 spiro atoms. The van der Waals surface area contributed by atoms with Crippen LogP contribution >= 0.6 is 0 Å².